The summed E-state index contributed by atoms with van der Waals surface area (Å²) in [4.78, 5) is 12.0. The van der Waals surface area contributed by atoms with Crippen LogP contribution in [0.1, 0.15) is 37.0 Å². The summed E-state index contributed by atoms with van der Waals surface area (Å²) in [6.07, 6.45) is 1.73. The first kappa shape index (κ1) is 15.4. The van der Waals surface area contributed by atoms with Crippen LogP contribution in [0.15, 0.2) is 12.1 Å². The van der Waals surface area contributed by atoms with E-state index >= 15 is 0 Å². The molecule has 0 bridgehead atoms. The molecule has 110 valence electrons. The van der Waals surface area contributed by atoms with Crippen LogP contribution in [0.4, 0.5) is 5.69 Å². The first-order valence-corrected chi connectivity index (χ1v) is 7.13. The number of carbonyl (C=O) groups is 1. The number of esters is 1. The Hall–Kier alpha value is -0.970. The van der Waals surface area contributed by atoms with Crippen molar-refractivity contribution in [3.63, 3.8) is 0 Å². The molecule has 0 spiro atoms. The molecule has 1 aromatic carbocycles. The molecule has 1 aliphatic rings. The molecule has 2 rings (SSSR count). The van der Waals surface area contributed by atoms with E-state index in [1.54, 1.807) is 0 Å². The zero-order chi connectivity index (χ0) is 14.9. The van der Waals surface area contributed by atoms with Gasteiger partial charge in [-0.3, -0.25) is 0 Å². The molecular formula is C14H17Cl2NO3. The maximum absolute atomic E-state index is 12.0. The smallest absolute Gasteiger partial charge is 0.339 e. The number of nitrogens with two attached hydrogens (primary N) is 1. The minimum absolute atomic E-state index is 0.0794. The zero-order valence-electron chi connectivity index (χ0n) is 11.4. The number of rotatable bonds is 3. The average molecular weight is 318 g/mol. The van der Waals surface area contributed by atoms with Gasteiger partial charge in [-0.2, -0.15) is 0 Å². The fourth-order valence-electron chi connectivity index (χ4n) is 2.20. The van der Waals surface area contributed by atoms with Crippen LogP contribution in [0.3, 0.4) is 0 Å². The molecule has 1 heterocycles. The first-order chi connectivity index (χ1) is 9.28. The lowest BCUT2D eigenvalue weighted by Crippen LogP contribution is -2.24. The second-order valence-corrected chi connectivity index (χ2v) is 6.29. The molecule has 20 heavy (non-hydrogen) atoms. The van der Waals surface area contributed by atoms with Gasteiger partial charge in [0.25, 0.3) is 0 Å². The van der Waals surface area contributed by atoms with Gasteiger partial charge in [0.15, 0.2) is 0 Å². The average Bonchev–Trinajstić information content (AvgIpc) is 2.70. The highest BCUT2D eigenvalue weighted by atomic mass is 35.5. The fraction of sp³-hybridized carbons (Fsp3) is 0.500. The Bertz CT molecular complexity index is 531. The third kappa shape index (κ3) is 3.57. The number of halogens is 2. The zero-order valence-corrected chi connectivity index (χ0v) is 12.9. The molecule has 1 aromatic rings. The van der Waals surface area contributed by atoms with E-state index in [0.29, 0.717) is 5.69 Å². The normalized spacial score (nSPS) is 20.9. The number of ether oxygens (including phenoxy) is 2. The summed E-state index contributed by atoms with van der Waals surface area (Å²) < 4.78 is 11.0. The quantitative estimate of drug-likeness (QED) is 0.682. The number of carbonyl (C=O) groups excluding carboxylic acids is 1. The van der Waals surface area contributed by atoms with E-state index in [2.05, 4.69) is 0 Å². The third-order valence-electron chi connectivity index (χ3n) is 3.22. The van der Waals surface area contributed by atoms with Gasteiger partial charge in [-0.1, -0.05) is 23.2 Å². The van der Waals surface area contributed by atoms with E-state index in [4.69, 9.17) is 38.4 Å². The fourth-order valence-corrected chi connectivity index (χ4v) is 2.61. The van der Waals surface area contributed by atoms with Crippen molar-refractivity contribution in [2.45, 2.75) is 38.4 Å². The van der Waals surface area contributed by atoms with Gasteiger partial charge >= 0.3 is 5.97 Å². The van der Waals surface area contributed by atoms with Gasteiger partial charge in [0.1, 0.15) is 6.61 Å². The molecule has 0 saturated carbocycles. The summed E-state index contributed by atoms with van der Waals surface area (Å²) in [7, 11) is 0. The van der Waals surface area contributed by atoms with Gasteiger partial charge in [0.05, 0.1) is 27.3 Å². The number of benzene rings is 1. The van der Waals surface area contributed by atoms with Crippen molar-refractivity contribution >= 4 is 34.9 Å². The van der Waals surface area contributed by atoms with Crippen molar-refractivity contribution in [2.24, 2.45) is 0 Å². The van der Waals surface area contributed by atoms with Crippen molar-refractivity contribution in [3.05, 3.63) is 27.7 Å². The molecule has 2 N–H and O–H groups in total. The molecule has 1 atom stereocenters. The minimum Gasteiger partial charge on any atom is -0.459 e. The molecule has 4 nitrogen and oxygen atoms in total. The van der Waals surface area contributed by atoms with Crippen molar-refractivity contribution in [1.82, 2.24) is 0 Å². The monoisotopic (exact) mass is 317 g/mol. The SMILES string of the molecule is CC1(C)CCC(COC(=O)c2cc(N)cc(Cl)c2Cl)O1. The molecular weight excluding hydrogens is 301 g/mol. The van der Waals surface area contributed by atoms with Crippen LogP contribution in [-0.2, 0) is 9.47 Å². The summed E-state index contributed by atoms with van der Waals surface area (Å²) in [6.45, 7) is 4.23. The van der Waals surface area contributed by atoms with E-state index < -0.39 is 5.97 Å². The predicted molar refractivity (Wildman–Crippen MR) is 79.3 cm³/mol. The maximum Gasteiger partial charge on any atom is 0.339 e. The molecule has 1 unspecified atom stereocenters. The number of hydrogen-bond acceptors (Lipinski definition) is 4. The van der Waals surface area contributed by atoms with Crippen molar-refractivity contribution in [1.29, 1.82) is 0 Å². The summed E-state index contributed by atoms with van der Waals surface area (Å²) in [5, 5.41) is 0.385. The Morgan fingerprint density at radius 3 is 2.80 bits per heavy atom. The van der Waals surface area contributed by atoms with E-state index in [9.17, 15) is 4.79 Å². The van der Waals surface area contributed by atoms with Gasteiger partial charge < -0.3 is 15.2 Å². The number of nitrogen functional groups attached to an aromatic ring is 1. The molecule has 0 amide bonds. The largest absolute Gasteiger partial charge is 0.459 e. The first-order valence-electron chi connectivity index (χ1n) is 6.38. The third-order valence-corrected chi connectivity index (χ3v) is 4.03. The van der Waals surface area contributed by atoms with Crippen molar-refractivity contribution in [3.8, 4) is 0 Å². The Labute approximate surface area is 128 Å². The van der Waals surface area contributed by atoms with Gasteiger partial charge in [-0.25, -0.2) is 4.79 Å². The molecule has 1 aliphatic heterocycles. The highest BCUT2D eigenvalue weighted by Crippen LogP contribution is 2.31. The van der Waals surface area contributed by atoms with Crippen LogP contribution in [0, 0.1) is 0 Å². The van der Waals surface area contributed by atoms with E-state index in [0.717, 1.165) is 12.8 Å². The van der Waals surface area contributed by atoms with Crippen LogP contribution in [0.5, 0.6) is 0 Å². The Balaban J connectivity index is 1.99. The number of anilines is 1. The molecule has 6 heteroatoms. The second kappa shape index (κ2) is 5.80. The summed E-state index contributed by atoms with van der Waals surface area (Å²) in [6, 6.07) is 2.94. The lowest BCUT2D eigenvalue weighted by molar-refractivity contribution is -0.0444. The van der Waals surface area contributed by atoms with Crippen LogP contribution in [0.25, 0.3) is 0 Å². The van der Waals surface area contributed by atoms with Crippen LogP contribution in [-0.4, -0.2) is 24.3 Å². The summed E-state index contributed by atoms with van der Waals surface area (Å²) in [5.74, 6) is -0.544. The summed E-state index contributed by atoms with van der Waals surface area (Å²) >= 11 is 11.9. The summed E-state index contributed by atoms with van der Waals surface area (Å²) in [5.41, 5.74) is 6.03. The van der Waals surface area contributed by atoms with Crippen LogP contribution < -0.4 is 5.73 Å². The molecule has 0 aromatic heterocycles. The molecule has 0 radical (unpaired) electrons. The van der Waals surface area contributed by atoms with Crippen molar-refractivity contribution in [2.75, 3.05) is 12.3 Å². The molecule has 1 saturated heterocycles. The Kier molecular flexibility index (Phi) is 4.47. The van der Waals surface area contributed by atoms with E-state index in [-0.39, 0.29) is 33.9 Å². The standard InChI is InChI=1S/C14H17Cl2NO3/c1-14(2)4-3-9(20-14)7-19-13(18)10-5-8(17)6-11(15)12(10)16/h5-6,9H,3-4,7,17H2,1-2H3. The minimum atomic E-state index is -0.544. The molecule has 0 aliphatic carbocycles. The Morgan fingerprint density at radius 1 is 1.50 bits per heavy atom. The van der Waals surface area contributed by atoms with Crippen LogP contribution in [0.2, 0.25) is 10.0 Å². The highest BCUT2D eigenvalue weighted by molar-refractivity contribution is 6.44. The highest BCUT2D eigenvalue weighted by Gasteiger charge is 2.32. The lowest BCUT2D eigenvalue weighted by atomic mass is 10.1. The van der Waals surface area contributed by atoms with Gasteiger partial charge in [-0.15, -0.1) is 0 Å². The van der Waals surface area contributed by atoms with Gasteiger partial charge in [0.2, 0.25) is 0 Å². The number of hydrogen-bond donors (Lipinski definition) is 1. The second-order valence-electron chi connectivity index (χ2n) is 5.50. The topological polar surface area (TPSA) is 61.5 Å². The van der Waals surface area contributed by atoms with Gasteiger partial charge in [0, 0.05) is 5.69 Å². The van der Waals surface area contributed by atoms with Crippen molar-refractivity contribution < 1.29 is 14.3 Å². The Morgan fingerprint density at radius 2 is 2.20 bits per heavy atom. The van der Waals surface area contributed by atoms with E-state index in [1.807, 2.05) is 13.8 Å². The molecule has 1 fully saturated rings. The van der Waals surface area contributed by atoms with Crippen LogP contribution >= 0.6 is 23.2 Å². The van der Waals surface area contributed by atoms with Gasteiger partial charge in [-0.05, 0) is 38.8 Å². The predicted octanol–water partition coefficient (Wildman–Crippen LogP) is 3.69. The maximum atomic E-state index is 12.0. The van der Waals surface area contributed by atoms with E-state index in [1.165, 1.54) is 12.1 Å². The lowest BCUT2D eigenvalue weighted by Gasteiger charge is -2.19.